The topological polar surface area (TPSA) is 3.88 Å². The molecule has 0 spiro atoms. The first-order chi connectivity index (χ1) is 4.33. The van der Waals surface area contributed by atoms with Crippen molar-refractivity contribution in [3.63, 3.8) is 0 Å². The van der Waals surface area contributed by atoms with Gasteiger partial charge in [-0.15, -0.1) is 0 Å². The third-order valence-corrected chi connectivity index (χ3v) is 1.47. The van der Waals surface area contributed by atoms with Crippen LogP contribution < -0.4 is 4.57 Å². The molecule has 1 nitrogen and oxygen atoms in total. The molecule has 9 heavy (non-hydrogen) atoms. The Morgan fingerprint density at radius 3 is 2.44 bits per heavy atom. The Labute approximate surface area is 59.9 Å². The molecule has 0 saturated heterocycles. The number of nitrogens with zero attached hydrogens (tertiary/aromatic N) is 1. The van der Waals surface area contributed by atoms with Crippen molar-refractivity contribution in [3.05, 3.63) is 29.5 Å². The van der Waals surface area contributed by atoms with Gasteiger partial charge >= 0.3 is 0 Å². The van der Waals surface area contributed by atoms with Gasteiger partial charge in [0.15, 0.2) is 12.4 Å². The van der Waals surface area contributed by atoms with Gasteiger partial charge in [-0.2, -0.15) is 0 Å². The van der Waals surface area contributed by atoms with E-state index in [1.165, 1.54) is 0 Å². The molecule has 0 saturated carbocycles. The van der Waals surface area contributed by atoms with E-state index in [2.05, 4.69) is 11.5 Å². The highest BCUT2D eigenvalue weighted by atomic mass is 35.5. The van der Waals surface area contributed by atoms with Crippen molar-refractivity contribution >= 4 is 11.6 Å². The molecule has 0 aliphatic rings. The van der Waals surface area contributed by atoms with Crippen molar-refractivity contribution in [3.8, 4) is 0 Å². The Morgan fingerprint density at radius 1 is 1.44 bits per heavy atom. The van der Waals surface area contributed by atoms with Crippen LogP contribution in [0, 0.1) is 0 Å². The number of halogens is 1. The minimum atomic E-state index is 0.791. The zero-order chi connectivity index (χ0) is 6.69. The Morgan fingerprint density at radius 2 is 2.00 bits per heavy atom. The fraction of sp³-hybridized carbons (Fsp3) is 0.286. The molecule has 0 N–H and O–H groups in total. The minimum Gasteiger partial charge on any atom is -0.205 e. The van der Waals surface area contributed by atoms with E-state index in [1.54, 1.807) is 0 Å². The Hall–Kier alpha value is -0.560. The summed E-state index contributed by atoms with van der Waals surface area (Å²) in [7, 11) is 0. The molecule has 1 aromatic rings. The van der Waals surface area contributed by atoms with Gasteiger partial charge in [-0.1, -0.05) is 11.6 Å². The van der Waals surface area contributed by atoms with Gasteiger partial charge in [0, 0.05) is 12.1 Å². The fourth-order valence-corrected chi connectivity index (χ4v) is 0.763. The summed E-state index contributed by atoms with van der Waals surface area (Å²) in [5.74, 6) is 0. The molecular weight excluding hydrogens is 134 g/mol. The van der Waals surface area contributed by atoms with Crippen LogP contribution in [0.1, 0.15) is 6.92 Å². The van der Waals surface area contributed by atoms with Crippen molar-refractivity contribution in [1.82, 2.24) is 0 Å². The summed E-state index contributed by atoms with van der Waals surface area (Å²) < 4.78 is 2.06. The van der Waals surface area contributed by atoms with Crippen LogP contribution in [0.3, 0.4) is 0 Å². The zero-order valence-corrected chi connectivity index (χ0v) is 6.10. The van der Waals surface area contributed by atoms with Crippen molar-refractivity contribution in [1.29, 1.82) is 0 Å². The van der Waals surface area contributed by atoms with Gasteiger partial charge in [0.1, 0.15) is 6.54 Å². The summed E-state index contributed by atoms with van der Waals surface area (Å²) in [6.45, 7) is 3.09. The number of aromatic nitrogens is 1. The van der Waals surface area contributed by atoms with Gasteiger partial charge in [0.25, 0.3) is 0 Å². The van der Waals surface area contributed by atoms with Gasteiger partial charge in [0.2, 0.25) is 0 Å². The lowest BCUT2D eigenvalue weighted by Crippen LogP contribution is -2.30. The number of rotatable bonds is 1. The van der Waals surface area contributed by atoms with Crippen LogP contribution in [0.25, 0.3) is 0 Å². The average molecular weight is 143 g/mol. The number of hydrogen-bond acceptors (Lipinski definition) is 0. The molecule has 48 valence electrons. The van der Waals surface area contributed by atoms with Crippen LogP contribution in [-0.4, -0.2) is 0 Å². The van der Waals surface area contributed by atoms with Crippen molar-refractivity contribution < 1.29 is 4.57 Å². The van der Waals surface area contributed by atoms with Crippen LogP contribution in [0.2, 0.25) is 5.02 Å². The molecule has 0 bridgehead atoms. The van der Waals surface area contributed by atoms with E-state index >= 15 is 0 Å². The monoisotopic (exact) mass is 142 g/mol. The first-order valence-corrected chi connectivity index (χ1v) is 3.35. The smallest absolute Gasteiger partial charge is 0.170 e. The molecule has 0 aliphatic heterocycles. The van der Waals surface area contributed by atoms with E-state index in [9.17, 15) is 0 Å². The van der Waals surface area contributed by atoms with Gasteiger partial charge in [-0.3, -0.25) is 0 Å². The van der Waals surface area contributed by atoms with E-state index < -0.39 is 0 Å². The van der Waals surface area contributed by atoms with Gasteiger partial charge in [-0.05, 0) is 6.92 Å². The lowest BCUT2D eigenvalue weighted by Gasteiger charge is -1.88. The summed E-state index contributed by atoms with van der Waals surface area (Å²) >= 11 is 5.66. The molecule has 0 radical (unpaired) electrons. The number of pyridine rings is 1. The maximum absolute atomic E-state index is 5.66. The predicted octanol–water partition coefficient (Wildman–Crippen LogP) is 1.65. The summed E-state index contributed by atoms with van der Waals surface area (Å²) in [6.07, 6.45) is 3.92. The summed E-state index contributed by atoms with van der Waals surface area (Å²) in [4.78, 5) is 0. The molecule has 0 fully saturated rings. The third kappa shape index (κ3) is 1.68. The van der Waals surface area contributed by atoms with Crippen LogP contribution >= 0.6 is 11.6 Å². The second kappa shape index (κ2) is 2.83. The molecular formula is C7H9ClN+. The van der Waals surface area contributed by atoms with Gasteiger partial charge < -0.3 is 0 Å². The van der Waals surface area contributed by atoms with Crippen LogP contribution in [0.5, 0.6) is 0 Å². The summed E-state index contributed by atoms with van der Waals surface area (Å²) in [6, 6.07) is 3.76. The average Bonchev–Trinajstić information content (AvgIpc) is 1.90. The van der Waals surface area contributed by atoms with E-state index in [-0.39, 0.29) is 0 Å². The highest BCUT2D eigenvalue weighted by molar-refractivity contribution is 6.30. The van der Waals surface area contributed by atoms with E-state index in [0.717, 1.165) is 11.6 Å². The lowest BCUT2D eigenvalue weighted by molar-refractivity contribution is -0.693. The fourth-order valence-electron chi connectivity index (χ4n) is 0.650. The van der Waals surface area contributed by atoms with Crippen LogP contribution in [0.4, 0.5) is 0 Å². The first kappa shape index (κ1) is 6.56. The number of aryl methyl sites for hydroxylation is 1. The Balaban J connectivity index is 2.88. The number of hydrogen-bond donors (Lipinski definition) is 0. The van der Waals surface area contributed by atoms with Crippen molar-refractivity contribution in [2.45, 2.75) is 13.5 Å². The Kier molecular flexibility index (Phi) is 2.06. The predicted molar refractivity (Wildman–Crippen MR) is 37.3 cm³/mol. The molecule has 0 atom stereocenters. The van der Waals surface area contributed by atoms with E-state index in [4.69, 9.17) is 11.6 Å². The second-order valence-corrected chi connectivity index (χ2v) is 2.28. The van der Waals surface area contributed by atoms with Crippen LogP contribution in [0.15, 0.2) is 24.5 Å². The van der Waals surface area contributed by atoms with Crippen LogP contribution in [-0.2, 0) is 6.54 Å². The second-order valence-electron chi connectivity index (χ2n) is 1.85. The largest absolute Gasteiger partial charge is 0.205 e. The molecule has 0 aromatic carbocycles. The molecule has 2 heteroatoms. The maximum atomic E-state index is 5.66. The lowest BCUT2D eigenvalue weighted by atomic mass is 10.5. The van der Waals surface area contributed by atoms with Gasteiger partial charge in [-0.25, -0.2) is 4.57 Å². The molecule has 0 amide bonds. The SMILES string of the molecule is CC[n+]1ccc(Cl)cc1. The first-order valence-electron chi connectivity index (χ1n) is 2.97. The summed E-state index contributed by atoms with van der Waals surface area (Å²) in [5.41, 5.74) is 0. The zero-order valence-electron chi connectivity index (χ0n) is 5.34. The van der Waals surface area contributed by atoms with Crippen molar-refractivity contribution in [2.75, 3.05) is 0 Å². The third-order valence-electron chi connectivity index (χ3n) is 1.22. The highest BCUT2D eigenvalue weighted by Crippen LogP contribution is 2.01. The summed E-state index contributed by atoms with van der Waals surface area (Å²) in [5, 5.41) is 0.791. The molecule has 1 aromatic heterocycles. The maximum Gasteiger partial charge on any atom is 0.170 e. The molecule has 0 aliphatic carbocycles. The quantitative estimate of drug-likeness (QED) is 0.525. The van der Waals surface area contributed by atoms with Gasteiger partial charge in [0.05, 0.1) is 5.02 Å². The molecule has 0 unspecified atom stereocenters. The standard InChI is InChI=1S/C7H9ClN/c1-2-9-5-3-7(8)4-6-9/h3-6H,2H2,1H3/q+1. The molecule has 1 rings (SSSR count). The minimum absolute atomic E-state index is 0.791. The highest BCUT2D eigenvalue weighted by Gasteiger charge is 1.92. The molecule has 1 heterocycles. The van der Waals surface area contributed by atoms with E-state index in [1.807, 2.05) is 24.5 Å². The normalized spacial score (nSPS) is 9.56. The van der Waals surface area contributed by atoms with E-state index in [0.29, 0.717) is 0 Å². The Bertz CT molecular complexity index is 181. The van der Waals surface area contributed by atoms with Crippen molar-refractivity contribution in [2.24, 2.45) is 0 Å².